The standard InChI is InChI=1S/C12H15ClN2O/c1-2-9(14)12(16)11-6-7-5-8(13)3-4-10(7)15-11/h3-6,9,12,15-16H,2,14H2,1H3. The number of halogens is 1. The number of nitrogens with two attached hydrogens (primary N) is 1. The Labute approximate surface area is 99.2 Å². The minimum atomic E-state index is -0.656. The lowest BCUT2D eigenvalue weighted by molar-refractivity contribution is 0.141. The summed E-state index contributed by atoms with van der Waals surface area (Å²) in [6, 6.07) is 7.22. The molecule has 4 heteroatoms. The Bertz CT molecular complexity index is 495. The van der Waals surface area contributed by atoms with Crippen LogP contribution in [0.15, 0.2) is 24.3 Å². The molecule has 2 rings (SSSR count). The number of aliphatic hydroxyl groups excluding tert-OH is 1. The summed E-state index contributed by atoms with van der Waals surface area (Å²) in [5, 5.41) is 11.6. The third-order valence-electron chi connectivity index (χ3n) is 2.80. The van der Waals surface area contributed by atoms with E-state index in [0.717, 1.165) is 23.0 Å². The van der Waals surface area contributed by atoms with Gasteiger partial charge >= 0.3 is 0 Å². The molecule has 0 aliphatic carbocycles. The minimum Gasteiger partial charge on any atom is -0.385 e. The van der Waals surface area contributed by atoms with Gasteiger partial charge in [0, 0.05) is 27.7 Å². The molecule has 2 atom stereocenters. The number of hydrogen-bond donors (Lipinski definition) is 3. The summed E-state index contributed by atoms with van der Waals surface area (Å²) in [4.78, 5) is 3.15. The number of benzene rings is 1. The van der Waals surface area contributed by atoms with E-state index < -0.39 is 6.10 Å². The van der Waals surface area contributed by atoms with Crippen molar-refractivity contribution in [3.8, 4) is 0 Å². The number of nitrogens with one attached hydrogen (secondary N) is 1. The summed E-state index contributed by atoms with van der Waals surface area (Å²) >= 11 is 5.90. The lowest BCUT2D eigenvalue weighted by Gasteiger charge is -2.15. The molecule has 2 unspecified atom stereocenters. The van der Waals surface area contributed by atoms with Gasteiger partial charge in [-0.2, -0.15) is 0 Å². The smallest absolute Gasteiger partial charge is 0.109 e. The van der Waals surface area contributed by atoms with E-state index in [-0.39, 0.29) is 6.04 Å². The van der Waals surface area contributed by atoms with Gasteiger partial charge in [0.1, 0.15) is 6.10 Å². The van der Waals surface area contributed by atoms with Crippen molar-refractivity contribution in [2.24, 2.45) is 5.73 Å². The number of aromatic amines is 1. The molecule has 0 bridgehead atoms. The Morgan fingerprint density at radius 3 is 2.88 bits per heavy atom. The Morgan fingerprint density at radius 1 is 1.44 bits per heavy atom. The predicted octanol–water partition coefficient (Wildman–Crippen LogP) is 2.59. The monoisotopic (exact) mass is 238 g/mol. The molecule has 0 amide bonds. The molecule has 2 aromatic rings. The van der Waals surface area contributed by atoms with Crippen LogP contribution in [0.3, 0.4) is 0 Å². The van der Waals surface area contributed by atoms with Gasteiger partial charge in [-0.05, 0) is 30.7 Å². The lowest BCUT2D eigenvalue weighted by Crippen LogP contribution is -2.27. The molecule has 16 heavy (non-hydrogen) atoms. The summed E-state index contributed by atoms with van der Waals surface area (Å²) in [5.41, 5.74) is 7.51. The van der Waals surface area contributed by atoms with Crippen LogP contribution in [0.1, 0.15) is 25.1 Å². The van der Waals surface area contributed by atoms with Gasteiger partial charge in [-0.15, -0.1) is 0 Å². The SMILES string of the molecule is CCC(N)C(O)c1cc2cc(Cl)ccc2[nH]1. The van der Waals surface area contributed by atoms with Crippen molar-refractivity contribution in [2.75, 3.05) is 0 Å². The highest BCUT2D eigenvalue weighted by molar-refractivity contribution is 6.31. The molecular weight excluding hydrogens is 224 g/mol. The second kappa shape index (κ2) is 4.45. The van der Waals surface area contributed by atoms with Gasteiger partial charge in [-0.3, -0.25) is 0 Å². The predicted molar refractivity (Wildman–Crippen MR) is 66.5 cm³/mol. The van der Waals surface area contributed by atoms with Crippen molar-refractivity contribution in [2.45, 2.75) is 25.5 Å². The Balaban J connectivity index is 2.39. The van der Waals surface area contributed by atoms with Crippen LogP contribution in [-0.2, 0) is 0 Å². The maximum Gasteiger partial charge on any atom is 0.109 e. The number of aromatic nitrogens is 1. The van der Waals surface area contributed by atoms with Gasteiger partial charge in [-0.25, -0.2) is 0 Å². The first-order chi connectivity index (χ1) is 7.61. The van der Waals surface area contributed by atoms with Crippen molar-refractivity contribution >= 4 is 22.5 Å². The molecule has 0 fully saturated rings. The number of aliphatic hydroxyl groups is 1. The van der Waals surface area contributed by atoms with Crippen LogP contribution >= 0.6 is 11.6 Å². The van der Waals surface area contributed by atoms with E-state index in [1.165, 1.54) is 0 Å². The molecule has 0 saturated carbocycles. The van der Waals surface area contributed by atoms with Gasteiger partial charge in [0.25, 0.3) is 0 Å². The molecule has 0 saturated heterocycles. The van der Waals surface area contributed by atoms with Crippen LogP contribution in [0.5, 0.6) is 0 Å². The van der Waals surface area contributed by atoms with Gasteiger partial charge in [0.2, 0.25) is 0 Å². The highest BCUT2D eigenvalue weighted by Crippen LogP contribution is 2.24. The highest BCUT2D eigenvalue weighted by Gasteiger charge is 2.17. The maximum atomic E-state index is 9.97. The second-order valence-electron chi connectivity index (χ2n) is 3.97. The lowest BCUT2D eigenvalue weighted by atomic mass is 10.1. The van der Waals surface area contributed by atoms with Crippen molar-refractivity contribution in [1.29, 1.82) is 0 Å². The molecule has 0 spiro atoms. The zero-order valence-electron chi connectivity index (χ0n) is 9.07. The van der Waals surface area contributed by atoms with Crippen molar-refractivity contribution in [1.82, 2.24) is 4.98 Å². The summed E-state index contributed by atoms with van der Waals surface area (Å²) in [7, 11) is 0. The summed E-state index contributed by atoms with van der Waals surface area (Å²) in [6.07, 6.45) is 0.0771. The molecule has 0 aliphatic rings. The summed E-state index contributed by atoms with van der Waals surface area (Å²) in [5.74, 6) is 0. The van der Waals surface area contributed by atoms with Crippen molar-refractivity contribution < 1.29 is 5.11 Å². The first kappa shape index (κ1) is 11.5. The summed E-state index contributed by atoms with van der Waals surface area (Å²) < 4.78 is 0. The third-order valence-corrected chi connectivity index (χ3v) is 3.03. The average molecular weight is 239 g/mol. The zero-order valence-corrected chi connectivity index (χ0v) is 9.83. The molecule has 86 valence electrons. The quantitative estimate of drug-likeness (QED) is 0.770. The van der Waals surface area contributed by atoms with Gasteiger partial charge in [0.15, 0.2) is 0 Å². The molecule has 1 heterocycles. The second-order valence-corrected chi connectivity index (χ2v) is 4.41. The van der Waals surface area contributed by atoms with Crippen molar-refractivity contribution in [3.05, 3.63) is 35.0 Å². The van der Waals surface area contributed by atoms with Crippen molar-refractivity contribution in [3.63, 3.8) is 0 Å². The Hall–Kier alpha value is -1.03. The molecule has 0 radical (unpaired) electrons. The van der Waals surface area contributed by atoms with E-state index in [4.69, 9.17) is 17.3 Å². The normalized spacial score (nSPS) is 15.2. The topological polar surface area (TPSA) is 62.0 Å². The van der Waals surface area contributed by atoms with Crippen LogP contribution in [0.4, 0.5) is 0 Å². The minimum absolute atomic E-state index is 0.247. The van der Waals surface area contributed by atoms with E-state index in [1.54, 1.807) is 0 Å². The number of hydrogen-bond acceptors (Lipinski definition) is 2. The fourth-order valence-corrected chi connectivity index (χ4v) is 1.92. The van der Waals surface area contributed by atoms with E-state index in [0.29, 0.717) is 5.02 Å². The fraction of sp³-hybridized carbons (Fsp3) is 0.333. The molecule has 4 N–H and O–H groups in total. The molecular formula is C12H15ClN2O. The van der Waals surface area contributed by atoms with Crippen LogP contribution in [0, 0.1) is 0 Å². The first-order valence-electron chi connectivity index (χ1n) is 5.33. The molecule has 3 nitrogen and oxygen atoms in total. The number of H-pyrrole nitrogens is 1. The van der Waals surface area contributed by atoms with E-state index in [1.807, 2.05) is 31.2 Å². The summed E-state index contributed by atoms with van der Waals surface area (Å²) in [6.45, 7) is 1.95. The average Bonchev–Trinajstić information content (AvgIpc) is 2.69. The van der Waals surface area contributed by atoms with Gasteiger partial charge < -0.3 is 15.8 Å². The maximum absolute atomic E-state index is 9.97. The Kier molecular flexibility index (Phi) is 3.19. The van der Waals surface area contributed by atoms with E-state index in [9.17, 15) is 5.11 Å². The van der Waals surface area contributed by atoms with Gasteiger partial charge in [0.05, 0.1) is 0 Å². The van der Waals surface area contributed by atoms with E-state index in [2.05, 4.69) is 4.98 Å². The largest absolute Gasteiger partial charge is 0.385 e. The number of fused-ring (bicyclic) bond motifs is 1. The molecule has 0 aliphatic heterocycles. The molecule has 1 aromatic carbocycles. The third kappa shape index (κ3) is 2.07. The fourth-order valence-electron chi connectivity index (χ4n) is 1.74. The highest BCUT2D eigenvalue weighted by atomic mass is 35.5. The van der Waals surface area contributed by atoms with Crippen LogP contribution in [0.2, 0.25) is 5.02 Å². The number of rotatable bonds is 3. The van der Waals surface area contributed by atoms with Crippen LogP contribution in [0.25, 0.3) is 10.9 Å². The first-order valence-corrected chi connectivity index (χ1v) is 5.71. The Morgan fingerprint density at radius 2 is 2.19 bits per heavy atom. The molecule has 1 aromatic heterocycles. The van der Waals surface area contributed by atoms with E-state index >= 15 is 0 Å². The van der Waals surface area contributed by atoms with Crippen LogP contribution < -0.4 is 5.73 Å². The van der Waals surface area contributed by atoms with Crippen LogP contribution in [-0.4, -0.2) is 16.1 Å². The zero-order chi connectivity index (χ0) is 11.7. The van der Waals surface area contributed by atoms with Gasteiger partial charge in [-0.1, -0.05) is 18.5 Å².